The molecule has 0 aromatic heterocycles. The fraction of sp³-hybridized carbons (Fsp3) is 0.400. The third-order valence-electron chi connectivity index (χ3n) is 1.75. The SMILES string of the molecule is C=CC(C)=O.CC.CC(C)c1ccccc1. The molecule has 1 heteroatoms. The highest BCUT2D eigenvalue weighted by atomic mass is 16.1. The van der Waals surface area contributed by atoms with Gasteiger partial charge in [0.05, 0.1) is 0 Å². The fourth-order valence-electron chi connectivity index (χ4n) is 0.838. The number of rotatable bonds is 2. The van der Waals surface area contributed by atoms with E-state index in [0.717, 1.165) is 0 Å². The van der Waals surface area contributed by atoms with Gasteiger partial charge in [-0.25, -0.2) is 0 Å². The molecule has 1 rings (SSSR count). The number of hydrogen-bond donors (Lipinski definition) is 0. The first-order valence-electron chi connectivity index (χ1n) is 5.76. The predicted molar refractivity (Wildman–Crippen MR) is 72.8 cm³/mol. The van der Waals surface area contributed by atoms with Gasteiger partial charge >= 0.3 is 0 Å². The van der Waals surface area contributed by atoms with E-state index in [4.69, 9.17) is 0 Å². The van der Waals surface area contributed by atoms with Crippen molar-refractivity contribution in [1.29, 1.82) is 0 Å². The molecule has 1 aromatic rings. The minimum absolute atomic E-state index is 0.0185. The van der Waals surface area contributed by atoms with Gasteiger partial charge in [0.15, 0.2) is 5.78 Å². The maximum atomic E-state index is 9.69. The van der Waals surface area contributed by atoms with Crippen LogP contribution in [0, 0.1) is 0 Å². The quantitative estimate of drug-likeness (QED) is 0.666. The number of ketones is 1. The van der Waals surface area contributed by atoms with Crippen molar-refractivity contribution < 1.29 is 4.79 Å². The second kappa shape index (κ2) is 11.7. The second-order valence-corrected chi connectivity index (χ2v) is 3.38. The van der Waals surface area contributed by atoms with Crippen molar-refractivity contribution in [1.82, 2.24) is 0 Å². The predicted octanol–water partition coefficient (Wildman–Crippen LogP) is 4.60. The number of benzene rings is 1. The molecule has 0 amide bonds. The standard InChI is InChI=1S/C9H12.C4H6O.C2H6/c1-8(2)9-6-4-3-5-7-9;1-3-4(2)5;1-2/h3-8H,1-2H3;3H,1H2,2H3;1-2H3. The van der Waals surface area contributed by atoms with E-state index in [0.29, 0.717) is 5.92 Å². The van der Waals surface area contributed by atoms with Crippen LogP contribution in [0.2, 0.25) is 0 Å². The van der Waals surface area contributed by atoms with Crippen LogP contribution >= 0.6 is 0 Å². The lowest BCUT2D eigenvalue weighted by atomic mass is 10.0. The van der Waals surface area contributed by atoms with Crippen molar-refractivity contribution >= 4 is 5.78 Å². The zero-order chi connectivity index (χ0) is 13.0. The van der Waals surface area contributed by atoms with Crippen molar-refractivity contribution in [3.8, 4) is 0 Å². The first-order chi connectivity index (χ1) is 7.57. The highest BCUT2D eigenvalue weighted by molar-refractivity contribution is 5.86. The van der Waals surface area contributed by atoms with E-state index in [1.165, 1.54) is 18.6 Å². The molecule has 0 N–H and O–H groups in total. The molecule has 0 unspecified atom stereocenters. The van der Waals surface area contributed by atoms with Crippen molar-refractivity contribution in [3.05, 3.63) is 48.6 Å². The van der Waals surface area contributed by atoms with Crippen LogP contribution < -0.4 is 0 Å². The van der Waals surface area contributed by atoms with Crippen LogP contribution in [-0.2, 0) is 4.79 Å². The molecule has 0 fully saturated rings. The van der Waals surface area contributed by atoms with E-state index in [9.17, 15) is 4.79 Å². The molecule has 90 valence electrons. The van der Waals surface area contributed by atoms with Gasteiger partial charge in [-0.15, -0.1) is 0 Å². The summed E-state index contributed by atoms with van der Waals surface area (Å²) in [5.74, 6) is 0.677. The summed E-state index contributed by atoms with van der Waals surface area (Å²) in [6.07, 6.45) is 1.28. The van der Waals surface area contributed by atoms with Gasteiger partial charge in [0.25, 0.3) is 0 Å². The van der Waals surface area contributed by atoms with Crippen molar-refractivity contribution in [2.24, 2.45) is 0 Å². The average Bonchev–Trinajstić information content (AvgIpc) is 2.33. The Morgan fingerprint density at radius 1 is 1.19 bits per heavy atom. The van der Waals surface area contributed by atoms with Crippen LogP contribution in [-0.4, -0.2) is 5.78 Å². The van der Waals surface area contributed by atoms with Crippen LogP contribution in [0.25, 0.3) is 0 Å². The molecule has 0 heterocycles. The maximum Gasteiger partial charge on any atom is 0.152 e. The van der Waals surface area contributed by atoms with E-state index in [1.54, 1.807) is 0 Å². The van der Waals surface area contributed by atoms with Gasteiger partial charge in [-0.1, -0.05) is 64.6 Å². The summed E-state index contributed by atoms with van der Waals surface area (Å²) in [6, 6.07) is 10.5. The molecule has 0 bridgehead atoms. The lowest BCUT2D eigenvalue weighted by molar-refractivity contribution is -0.112. The van der Waals surface area contributed by atoms with E-state index >= 15 is 0 Å². The zero-order valence-electron chi connectivity index (χ0n) is 11.2. The molecule has 1 nitrogen and oxygen atoms in total. The first-order valence-corrected chi connectivity index (χ1v) is 5.76. The normalized spacial score (nSPS) is 8.12. The molecule has 16 heavy (non-hydrogen) atoms. The van der Waals surface area contributed by atoms with Crippen LogP contribution in [0.3, 0.4) is 0 Å². The molecule has 0 spiro atoms. The Labute approximate surface area is 100 Å². The Hall–Kier alpha value is -1.37. The van der Waals surface area contributed by atoms with Gasteiger partial charge in [-0.3, -0.25) is 4.79 Å². The van der Waals surface area contributed by atoms with E-state index in [1.807, 2.05) is 19.9 Å². The Balaban J connectivity index is 0. The molecule has 0 aliphatic heterocycles. The molecular weight excluding hydrogens is 196 g/mol. The Morgan fingerprint density at radius 3 is 1.75 bits per heavy atom. The Morgan fingerprint density at radius 2 is 1.56 bits per heavy atom. The summed E-state index contributed by atoms with van der Waals surface area (Å²) in [6.45, 7) is 13.1. The van der Waals surface area contributed by atoms with Gasteiger partial charge in [0.1, 0.15) is 0 Å². The van der Waals surface area contributed by atoms with E-state index in [2.05, 4.69) is 44.7 Å². The fourth-order valence-corrected chi connectivity index (χ4v) is 0.838. The smallest absolute Gasteiger partial charge is 0.152 e. The summed E-state index contributed by atoms with van der Waals surface area (Å²) in [4.78, 5) is 9.69. The van der Waals surface area contributed by atoms with Crippen molar-refractivity contribution in [2.75, 3.05) is 0 Å². The monoisotopic (exact) mass is 220 g/mol. The topological polar surface area (TPSA) is 17.1 Å². The Bertz CT molecular complexity index is 273. The highest BCUT2D eigenvalue weighted by Gasteiger charge is 1.93. The summed E-state index contributed by atoms with van der Waals surface area (Å²) >= 11 is 0. The molecule has 0 saturated carbocycles. The molecular formula is C15H24O. The summed E-state index contributed by atoms with van der Waals surface area (Å²) in [7, 11) is 0. The minimum Gasteiger partial charge on any atom is -0.295 e. The number of carbonyl (C=O) groups excluding carboxylic acids is 1. The minimum atomic E-state index is 0.0185. The van der Waals surface area contributed by atoms with Crippen molar-refractivity contribution in [2.45, 2.75) is 40.5 Å². The molecule has 1 aromatic carbocycles. The molecule has 0 aliphatic carbocycles. The van der Waals surface area contributed by atoms with Crippen LogP contribution in [0.5, 0.6) is 0 Å². The molecule has 0 aliphatic rings. The number of carbonyl (C=O) groups is 1. The lowest BCUT2D eigenvalue weighted by Gasteiger charge is -2.01. The molecule has 0 saturated heterocycles. The summed E-state index contributed by atoms with van der Waals surface area (Å²) in [5.41, 5.74) is 1.41. The van der Waals surface area contributed by atoms with Crippen LogP contribution in [0.1, 0.15) is 46.1 Å². The van der Waals surface area contributed by atoms with Gasteiger partial charge in [0.2, 0.25) is 0 Å². The average molecular weight is 220 g/mol. The highest BCUT2D eigenvalue weighted by Crippen LogP contribution is 2.11. The zero-order valence-corrected chi connectivity index (χ0v) is 11.2. The lowest BCUT2D eigenvalue weighted by Crippen LogP contribution is -1.83. The van der Waals surface area contributed by atoms with Crippen molar-refractivity contribution in [3.63, 3.8) is 0 Å². The number of allylic oxidation sites excluding steroid dienone is 1. The van der Waals surface area contributed by atoms with Gasteiger partial charge in [-0.2, -0.15) is 0 Å². The largest absolute Gasteiger partial charge is 0.295 e. The summed E-state index contributed by atoms with van der Waals surface area (Å²) in [5, 5.41) is 0. The second-order valence-electron chi connectivity index (χ2n) is 3.38. The first kappa shape index (κ1) is 17.0. The third-order valence-corrected chi connectivity index (χ3v) is 1.75. The molecule has 0 atom stereocenters. The Kier molecular flexibility index (Phi) is 12.5. The van der Waals surface area contributed by atoms with E-state index < -0.39 is 0 Å². The van der Waals surface area contributed by atoms with Crippen LogP contribution in [0.15, 0.2) is 43.0 Å². The molecule has 0 radical (unpaired) electrons. The third kappa shape index (κ3) is 10.7. The summed E-state index contributed by atoms with van der Waals surface area (Å²) < 4.78 is 0. The maximum absolute atomic E-state index is 9.69. The van der Waals surface area contributed by atoms with Crippen LogP contribution in [0.4, 0.5) is 0 Å². The van der Waals surface area contributed by atoms with Gasteiger partial charge < -0.3 is 0 Å². The van der Waals surface area contributed by atoms with Gasteiger partial charge in [-0.05, 0) is 24.5 Å². The van der Waals surface area contributed by atoms with E-state index in [-0.39, 0.29) is 5.78 Å². The number of hydrogen-bond acceptors (Lipinski definition) is 1. The van der Waals surface area contributed by atoms with Gasteiger partial charge in [0, 0.05) is 0 Å².